The van der Waals surface area contributed by atoms with Crippen molar-refractivity contribution < 1.29 is 23.8 Å². The lowest BCUT2D eigenvalue weighted by molar-refractivity contribution is 0.0733. The smallest absolute Gasteiger partial charge is 0.343 e. The summed E-state index contributed by atoms with van der Waals surface area (Å²) in [6.45, 7) is 0.108. The molecule has 8 nitrogen and oxygen atoms in total. The number of esters is 1. The number of carbonyl (C=O) groups excluding carboxylic acids is 2. The third kappa shape index (κ3) is 4.81. The molecular formula is C30H20ClN3O5. The maximum atomic E-state index is 13.2. The molecule has 0 atom stereocenters. The van der Waals surface area contributed by atoms with Crippen LogP contribution in [-0.2, 0) is 0 Å². The summed E-state index contributed by atoms with van der Waals surface area (Å²) in [5.41, 5.74) is 5.90. The van der Waals surface area contributed by atoms with E-state index in [0.29, 0.717) is 38.9 Å². The molecule has 0 unspecified atom stereocenters. The van der Waals surface area contributed by atoms with E-state index in [1.807, 2.05) is 42.5 Å². The Morgan fingerprint density at radius 2 is 1.69 bits per heavy atom. The van der Waals surface area contributed by atoms with Gasteiger partial charge in [0.1, 0.15) is 11.4 Å². The maximum absolute atomic E-state index is 13.2. The van der Waals surface area contributed by atoms with Gasteiger partial charge in [-0.3, -0.25) is 4.79 Å². The van der Waals surface area contributed by atoms with Gasteiger partial charge in [0.15, 0.2) is 11.5 Å². The molecule has 0 fully saturated rings. The van der Waals surface area contributed by atoms with Gasteiger partial charge in [0.25, 0.3) is 5.91 Å². The molecule has 1 aromatic heterocycles. The zero-order valence-electron chi connectivity index (χ0n) is 20.3. The predicted molar refractivity (Wildman–Crippen MR) is 148 cm³/mol. The molecule has 4 aromatic carbocycles. The SMILES string of the molecule is O=C(Oc1ccccc1C=NNC(=O)c1[nH]c2ccccc2c1-c1ccccc1Cl)c1ccc2c(c1)OCO2. The molecule has 0 saturated carbocycles. The molecule has 5 aromatic rings. The summed E-state index contributed by atoms with van der Waals surface area (Å²) in [5.74, 6) is 0.311. The summed E-state index contributed by atoms with van der Waals surface area (Å²) < 4.78 is 16.2. The van der Waals surface area contributed by atoms with Gasteiger partial charge in [-0.2, -0.15) is 5.10 Å². The highest BCUT2D eigenvalue weighted by atomic mass is 35.5. The van der Waals surface area contributed by atoms with Crippen molar-refractivity contribution in [3.05, 3.63) is 113 Å². The summed E-state index contributed by atoms with van der Waals surface area (Å²) in [6.07, 6.45) is 1.41. The predicted octanol–water partition coefficient (Wildman–Crippen LogP) is 6.20. The zero-order valence-corrected chi connectivity index (χ0v) is 21.1. The number of benzene rings is 4. The van der Waals surface area contributed by atoms with Gasteiger partial charge in [0.2, 0.25) is 6.79 Å². The molecule has 0 saturated heterocycles. The Labute approximate surface area is 227 Å². The minimum Gasteiger partial charge on any atom is -0.454 e. The van der Waals surface area contributed by atoms with Crippen molar-refractivity contribution in [2.75, 3.05) is 6.79 Å². The zero-order chi connectivity index (χ0) is 26.8. The van der Waals surface area contributed by atoms with E-state index in [0.717, 1.165) is 16.5 Å². The van der Waals surface area contributed by atoms with Crippen molar-refractivity contribution in [2.24, 2.45) is 5.10 Å². The van der Waals surface area contributed by atoms with Gasteiger partial charge < -0.3 is 19.2 Å². The van der Waals surface area contributed by atoms with Crippen molar-refractivity contribution in [1.82, 2.24) is 10.4 Å². The summed E-state index contributed by atoms with van der Waals surface area (Å²) in [4.78, 5) is 29.2. The van der Waals surface area contributed by atoms with Crippen LogP contribution in [0.4, 0.5) is 0 Å². The fourth-order valence-corrected chi connectivity index (χ4v) is 4.56. The molecule has 39 heavy (non-hydrogen) atoms. The first-order chi connectivity index (χ1) is 19.1. The van der Waals surface area contributed by atoms with E-state index >= 15 is 0 Å². The first-order valence-electron chi connectivity index (χ1n) is 12.0. The average molecular weight is 538 g/mol. The normalized spacial score (nSPS) is 12.1. The lowest BCUT2D eigenvalue weighted by atomic mass is 10.0. The number of carbonyl (C=O) groups is 2. The molecule has 0 radical (unpaired) electrons. The van der Waals surface area contributed by atoms with Crippen molar-refractivity contribution in [1.29, 1.82) is 0 Å². The molecule has 1 amide bonds. The number of fused-ring (bicyclic) bond motifs is 2. The van der Waals surface area contributed by atoms with E-state index in [4.69, 9.17) is 25.8 Å². The van der Waals surface area contributed by atoms with Crippen LogP contribution in [0.25, 0.3) is 22.0 Å². The molecule has 6 rings (SSSR count). The molecule has 1 aliphatic heterocycles. The Morgan fingerprint density at radius 3 is 2.59 bits per heavy atom. The summed E-state index contributed by atoms with van der Waals surface area (Å²) >= 11 is 6.48. The van der Waals surface area contributed by atoms with Crippen LogP contribution >= 0.6 is 11.6 Å². The molecule has 9 heteroatoms. The first kappa shape index (κ1) is 24.3. The first-order valence-corrected chi connectivity index (χ1v) is 12.4. The van der Waals surface area contributed by atoms with E-state index in [-0.39, 0.29) is 12.5 Å². The molecule has 0 spiro atoms. The van der Waals surface area contributed by atoms with Crippen molar-refractivity contribution in [3.8, 4) is 28.4 Å². The quantitative estimate of drug-likeness (QED) is 0.116. The van der Waals surface area contributed by atoms with Gasteiger partial charge in [0.05, 0.1) is 11.8 Å². The van der Waals surface area contributed by atoms with E-state index in [1.165, 1.54) is 6.21 Å². The van der Waals surface area contributed by atoms with E-state index < -0.39 is 11.9 Å². The van der Waals surface area contributed by atoms with Gasteiger partial charge >= 0.3 is 5.97 Å². The van der Waals surface area contributed by atoms with Crippen LogP contribution in [0.15, 0.2) is 96.1 Å². The Hall–Kier alpha value is -5.08. The van der Waals surface area contributed by atoms with Gasteiger partial charge in [-0.1, -0.05) is 60.1 Å². The molecule has 0 aliphatic carbocycles. The number of halogens is 1. The lowest BCUT2D eigenvalue weighted by Crippen LogP contribution is -2.19. The second-order valence-electron chi connectivity index (χ2n) is 8.59. The van der Waals surface area contributed by atoms with Crippen LogP contribution in [0, 0.1) is 0 Å². The average Bonchev–Trinajstić information content (AvgIpc) is 3.58. The van der Waals surface area contributed by atoms with E-state index in [1.54, 1.807) is 48.5 Å². The molecule has 2 N–H and O–H groups in total. The van der Waals surface area contributed by atoms with Crippen LogP contribution in [0.1, 0.15) is 26.4 Å². The number of hydrogen-bond acceptors (Lipinski definition) is 6. The highest BCUT2D eigenvalue weighted by Crippen LogP contribution is 2.36. The van der Waals surface area contributed by atoms with Crippen LogP contribution in [0.5, 0.6) is 17.2 Å². The third-order valence-corrected chi connectivity index (χ3v) is 6.51. The van der Waals surface area contributed by atoms with E-state index in [2.05, 4.69) is 15.5 Å². The number of H-pyrrole nitrogens is 1. The van der Waals surface area contributed by atoms with Gasteiger partial charge in [-0.05, 0) is 42.5 Å². The van der Waals surface area contributed by atoms with Gasteiger partial charge in [-0.15, -0.1) is 0 Å². The molecule has 2 heterocycles. The standard InChI is InChI=1S/C30H20ClN3O5/c31-22-10-4-2-8-20(22)27-21-9-3-5-11-23(21)33-28(27)29(35)34-32-16-19-7-1-6-12-24(19)39-30(36)18-13-14-25-26(15-18)38-17-37-25/h1-16,33H,17H2,(H,34,35). The Balaban J connectivity index is 1.23. The second kappa shape index (κ2) is 10.4. The van der Waals surface area contributed by atoms with Crippen molar-refractivity contribution in [3.63, 3.8) is 0 Å². The molecule has 1 aliphatic rings. The van der Waals surface area contributed by atoms with Crippen LogP contribution in [-0.4, -0.2) is 29.9 Å². The van der Waals surface area contributed by atoms with Gasteiger partial charge in [-0.25, -0.2) is 10.2 Å². The minimum absolute atomic E-state index is 0.108. The minimum atomic E-state index is -0.569. The Bertz CT molecular complexity index is 1760. The fraction of sp³-hybridized carbons (Fsp3) is 0.0333. The van der Waals surface area contributed by atoms with E-state index in [9.17, 15) is 9.59 Å². The van der Waals surface area contributed by atoms with Crippen LogP contribution in [0.2, 0.25) is 5.02 Å². The fourth-order valence-electron chi connectivity index (χ4n) is 4.33. The maximum Gasteiger partial charge on any atom is 0.343 e. The number of aromatic nitrogens is 1. The Kier molecular flexibility index (Phi) is 6.44. The number of nitrogens with one attached hydrogen (secondary N) is 2. The topological polar surface area (TPSA) is 102 Å². The van der Waals surface area contributed by atoms with Crippen LogP contribution in [0.3, 0.4) is 0 Å². The number of hydrazone groups is 1. The third-order valence-electron chi connectivity index (χ3n) is 6.18. The second-order valence-corrected chi connectivity index (χ2v) is 9.00. The number of amides is 1. The van der Waals surface area contributed by atoms with Crippen LogP contribution < -0.4 is 19.6 Å². The monoisotopic (exact) mass is 537 g/mol. The van der Waals surface area contributed by atoms with Crippen molar-refractivity contribution in [2.45, 2.75) is 0 Å². The molecule has 192 valence electrons. The summed E-state index contributed by atoms with van der Waals surface area (Å²) in [6, 6.07) is 26.6. The number of rotatable bonds is 6. The Morgan fingerprint density at radius 1 is 0.923 bits per heavy atom. The summed E-state index contributed by atoms with van der Waals surface area (Å²) in [7, 11) is 0. The van der Waals surface area contributed by atoms with Gasteiger partial charge in [0, 0.05) is 32.6 Å². The summed E-state index contributed by atoms with van der Waals surface area (Å²) in [5, 5.41) is 5.52. The number of hydrogen-bond donors (Lipinski definition) is 2. The number of nitrogens with zero attached hydrogens (tertiary/aromatic N) is 1. The highest BCUT2D eigenvalue weighted by molar-refractivity contribution is 6.34. The molecule has 0 bridgehead atoms. The largest absolute Gasteiger partial charge is 0.454 e. The number of aromatic amines is 1. The molecular weight excluding hydrogens is 518 g/mol. The van der Waals surface area contributed by atoms with Crippen molar-refractivity contribution >= 4 is 40.6 Å². The number of ether oxygens (including phenoxy) is 3. The number of para-hydroxylation sites is 2. The lowest BCUT2D eigenvalue weighted by Gasteiger charge is -2.08. The highest BCUT2D eigenvalue weighted by Gasteiger charge is 2.21.